The van der Waals surface area contributed by atoms with E-state index in [2.05, 4.69) is 0 Å². The van der Waals surface area contributed by atoms with Gasteiger partial charge in [0.25, 0.3) is 0 Å². The lowest BCUT2D eigenvalue weighted by Crippen LogP contribution is -2.28. The van der Waals surface area contributed by atoms with E-state index in [0.717, 1.165) is 4.90 Å². The summed E-state index contributed by atoms with van der Waals surface area (Å²) in [7, 11) is 0. The third kappa shape index (κ3) is 3.28. The number of nitrogens with zero attached hydrogens (tertiary/aromatic N) is 1. The fraction of sp³-hybridized carbons (Fsp3) is 0.467. The van der Waals surface area contributed by atoms with Gasteiger partial charge in [-0.05, 0) is 36.5 Å². The first-order chi connectivity index (χ1) is 11.0. The lowest BCUT2D eigenvalue weighted by Gasteiger charge is -2.25. The van der Waals surface area contributed by atoms with E-state index < -0.39 is 35.2 Å². The van der Waals surface area contributed by atoms with E-state index in [1.807, 2.05) is 0 Å². The molecule has 1 amide bonds. The molecule has 23 heavy (non-hydrogen) atoms. The summed E-state index contributed by atoms with van der Waals surface area (Å²) in [5.74, 6) is -0.492. The smallest absolute Gasteiger partial charge is 0.415 e. The van der Waals surface area contributed by atoms with Crippen LogP contribution in [-0.4, -0.2) is 45.9 Å². The van der Waals surface area contributed by atoms with Crippen molar-refractivity contribution < 1.29 is 28.4 Å². The fourth-order valence-electron chi connectivity index (χ4n) is 2.92. The summed E-state index contributed by atoms with van der Waals surface area (Å²) < 4.78 is 30.5. The van der Waals surface area contributed by atoms with E-state index in [9.17, 15) is 18.5 Å². The Kier molecular flexibility index (Phi) is 4.45. The number of hydrogen-bond donors (Lipinski definition) is 1. The zero-order valence-electron chi connectivity index (χ0n) is 12.2. The van der Waals surface area contributed by atoms with Crippen molar-refractivity contribution in [2.75, 3.05) is 23.0 Å². The van der Waals surface area contributed by atoms with Crippen molar-refractivity contribution in [3.05, 3.63) is 29.6 Å². The average Bonchev–Trinajstić information content (AvgIpc) is 2.90. The number of carbonyl (C=O) groups is 2. The topological polar surface area (TPSA) is 89.9 Å². The molecule has 0 aromatic heterocycles. The van der Waals surface area contributed by atoms with Crippen LogP contribution in [0.1, 0.15) is 24.3 Å². The number of anilines is 1. The van der Waals surface area contributed by atoms with Gasteiger partial charge in [-0.15, -0.1) is 0 Å². The van der Waals surface area contributed by atoms with Crippen molar-refractivity contribution in [2.45, 2.75) is 24.9 Å². The van der Waals surface area contributed by atoms with E-state index in [1.54, 1.807) is 12.1 Å². The van der Waals surface area contributed by atoms with Crippen LogP contribution in [0.25, 0.3) is 0 Å². The van der Waals surface area contributed by atoms with Crippen LogP contribution in [0.4, 0.5) is 14.9 Å². The van der Waals surface area contributed by atoms with Gasteiger partial charge in [0.05, 0.1) is 12.2 Å². The average molecular weight is 341 g/mol. The van der Waals surface area contributed by atoms with Gasteiger partial charge in [-0.2, -0.15) is 0 Å². The molecule has 0 radical (unpaired) electrons. The predicted molar refractivity (Wildman–Crippen MR) is 81.5 cm³/mol. The third-order valence-electron chi connectivity index (χ3n) is 4.21. The van der Waals surface area contributed by atoms with Gasteiger partial charge in [0.2, 0.25) is 6.10 Å². The van der Waals surface area contributed by atoms with Crippen LogP contribution in [0, 0.1) is 5.82 Å². The molecule has 2 saturated heterocycles. The van der Waals surface area contributed by atoms with Gasteiger partial charge in [0, 0.05) is 0 Å². The SMILES string of the molecule is O=C(O)[C@H]1CN(c2ccc([C@H]3CC[S@+]([O-])CC3)c(F)c2)C(=O)O1. The number of cyclic esters (lactones) is 1. The maximum Gasteiger partial charge on any atom is 0.415 e. The third-order valence-corrected chi connectivity index (χ3v) is 5.59. The Hall–Kier alpha value is -1.80. The molecule has 1 aromatic carbocycles. The number of carboxylic acids is 1. The highest BCUT2D eigenvalue weighted by Gasteiger charge is 2.37. The van der Waals surface area contributed by atoms with E-state index in [-0.39, 0.29) is 18.2 Å². The number of aliphatic carboxylic acids is 1. The molecule has 0 bridgehead atoms. The number of ether oxygens (including phenoxy) is 1. The predicted octanol–water partition coefficient (Wildman–Crippen LogP) is 1.86. The second kappa shape index (κ2) is 6.37. The molecule has 0 saturated carbocycles. The Morgan fingerprint density at radius 2 is 2.09 bits per heavy atom. The van der Waals surface area contributed by atoms with Gasteiger partial charge in [0.15, 0.2) is 0 Å². The van der Waals surface area contributed by atoms with Crippen LogP contribution < -0.4 is 4.90 Å². The lowest BCUT2D eigenvalue weighted by molar-refractivity contribution is -0.144. The summed E-state index contributed by atoms with van der Waals surface area (Å²) in [4.78, 5) is 23.7. The molecule has 0 aliphatic carbocycles. The number of halogens is 1. The highest BCUT2D eigenvalue weighted by molar-refractivity contribution is 7.91. The van der Waals surface area contributed by atoms with Gasteiger partial charge < -0.3 is 14.4 Å². The zero-order valence-corrected chi connectivity index (χ0v) is 13.1. The van der Waals surface area contributed by atoms with Gasteiger partial charge >= 0.3 is 12.1 Å². The largest absolute Gasteiger partial charge is 0.616 e. The van der Waals surface area contributed by atoms with Crippen LogP contribution in [0.15, 0.2) is 18.2 Å². The minimum Gasteiger partial charge on any atom is -0.616 e. The molecule has 2 heterocycles. The molecule has 2 fully saturated rings. The standard InChI is InChI=1S/C15H16FNO5S/c16-12-7-10(17-8-13(14(18)19)22-15(17)20)1-2-11(12)9-3-5-23(21)6-4-9/h1-2,7,9,13H,3-6,8H2,(H,18,19)/t9-,13-,23-/m1/s1. The number of rotatable bonds is 3. The van der Waals surface area contributed by atoms with Crippen LogP contribution in [0.2, 0.25) is 0 Å². The lowest BCUT2D eigenvalue weighted by atomic mass is 9.93. The number of hydrogen-bond acceptors (Lipinski definition) is 4. The minimum absolute atomic E-state index is 0.0269. The Labute approximate surface area is 135 Å². The van der Waals surface area contributed by atoms with Gasteiger partial charge in [-0.25, -0.2) is 14.0 Å². The van der Waals surface area contributed by atoms with Crippen molar-refractivity contribution >= 4 is 28.9 Å². The summed E-state index contributed by atoms with van der Waals surface area (Å²) in [6.07, 6.45) is -0.679. The van der Waals surface area contributed by atoms with Gasteiger partial charge in [-0.3, -0.25) is 4.90 Å². The molecule has 1 atom stereocenters. The van der Waals surface area contributed by atoms with Crippen molar-refractivity contribution in [3.63, 3.8) is 0 Å². The van der Waals surface area contributed by atoms with Crippen LogP contribution in [0.5, 0.6) is 0 Å². The summed E-state index contributed by atoms with van der Waals surface area (Å²) in [5, 5.41) is 8.88. The molecule has 6 nitrogen and oxygen atoms in total. The second-order valence-electron chi connectivity index (χ2n) is 5.65. The van der Waals surface area contributed by atoms with Crippen molar-refractivity contribution in [1.29, 1.82) is 0 Å². The van der Waals surface area contributed by atoms with E-state index in [1.165, 1.54) is 6.07 Å². The Morgan fingerprint density at radius 3 is 2.65 bits per heavy atom. The Morgan fingerprint density at radius 1 is 1.39 bits per heavy atom. The molecule has 1 N–H and O–H groups in total. The monoisotopic (exact) mass is 341 g/mol. The normalized spacial score (nSPS) is 27.8. The van der Waals surface area contributed by atoms with Crippen LogP contribution >= 0.6 is 0 Å². The Balaban J connectivity index is 1.77. The van der Waals surface area contributed by atoms with Crippen molar-refractivity contribution in [3.8, 4) is 0 Å². The van der Waals surface area contributed by atoms with Crippen molar-refractivity contribution in [1.82, 2.24) is 0 Å². The van der Waals surface area contributed by atoms with Crippen molar-refractivity contribution in [2.24, 2.45) is 0 Å². The van der Waals surface area contributed by atoms with E-state index in [0.29, 0.717) is 29.9 Å². The maximum atomic E-state index is 14.4. The van der Waals surface area contributed by atoms with Gasteiger partial charge in [0.1, 0.15) is 17.3 Å². The fourth-order valence-corrected chi connectivity index (χ4v) is 4.22. The molecule has 3 rings (SSSR count). The van der Waals surface area contributed by atoms with E-state index in [4.69, 9.17) is 9.84 Å². The highest BCUT2D eigenvalue weighted by Crippen LogP contribution is 2.33. The summed E-state index contributed by atoms with van der Waals surface area (Å²) >= 11 is -0.808. The molecule has 124 valence electrons. The molecule has 2 aliphatic heterocycles. The first-order valence-electron chi connectivity index (χ1n) is 7.31. The first-order valence-corrected chi connectivity index (χ1v) is 8.80. The van der Waals surface area contributed by atoms with Crippen LogP contribution in [-0.2, 0) is 20.7 Å². The molecule has 2 aliphatic rings. The highest BCUT2D eigenvalue weighted by atomic mass is 32.2. The summed E-state index contributed by atoms with van der Waals surface area (Å²) in [6.45, 7) is -0.143. The minimum atomic E-state index is -1.24. The van der Waals surface area contributed by atoms with Crippen LogP contribution in [0.3, 0.4) is 0 Å². The summed E-state index contributed by atoms with van der Waals surface area (Å²) in [5.41, 5.74) is 0.826. The molecule has 0 unspecified atom stereocenters. The molecule has 0 spiro atoms. The van der Waals surface area contributed by atoms with Gasteiger partial charge in [-0.1, -0.05) is 17.2 Å². The number of amides is 1. The molecule has 1 aromatic rings. The quantitative estimate of drug-likeness (QED) is 0.848. The molecule has 8 heteroatoms. The van der Waals surface area contributed by atoms with E-state index >= 15 is 0 Å². The number of carboxylic acid groups (broad SMARTS) is 1. The number of carbonyl (C=O) groups excluding carboxylic acids is 1. The number of benzene rings is 1. The second-order valence-corrected chi connectivity index (χ2v) is 7.35. The maximum absolute atomic E-state index is 14.4. The molecular weight excluding hydrogens is 325 g/mol. The first kappa shape index (κ1) is 16.1. The zero-order chi connectivity index (χ0) is 16.6. The Bertz CT molecular complexity index is 632. The molecular formula is C15H16FNO5S. The summed E-state index contributed by atoms with van der Waals surface area (Å²) in [6, 6.07) is 4.44.